The highest BCUT2D eigenvalue weighted by atomic mass is 79.9. The number of aromatic carboxylic acids is 1. The molecule has 0 unspecified atom stereocenters. The van der Waals surface area contributed by atoms with Crippen molar-refractivity contribution in [2.75, 3.05) is 0 Å². The lowest BCUT2D eigenvalue weighted by Gasteiger charge is -2.05. The minimum absolute atomic E-state index is 0.175. The zero-order chi connectivity index (χ0) is 14.3. The summed E-state index contributed by atoms with van der Waals surface area (Å²) in [4.78, 5) is 11.0. The predicted molar refractivity (Wildman–Crippen MR) is 78.5 cm³/mol. The van der Waals surface area contributed by atoms with Crippen LogP contribution in [0.5, 0.6) is 0 Å². The fraction of sp³-hybridized carbons (Fsp3) is 0. The third kappa shape index (κ3) is 2.17. The zero-order valence-electron chi connectivity index (χ0n) is 9.92. The minimum Gasteiger partial charge on any atom is -0.478 e. The van der Waals surface area contributed by atoms with E-state index in [1.165, 1.54) is 16.8 Å². The maximum atomic E-state index is 11.0. The standard InChI is InChI=1S/C13H7BrClN3O2/c14-8-2-4-11(9(15)6-8)18-12-5-7(13(19)20)1-3-10(12)16-17-18/h1-6H,(H,19,20). The van der Waals surface area contributed by atoms with E-state index in [2.05, 4.69) is 26.2 Å². The predicted octanol–water partition coefficient (Wildman–Crippen LogP) is 3.53. The van der Waals surface area contributed by atoms with Crippen LogP contribution in [0.15, 0.2) is 40.9 Å². The SMILES string of the molecule is O=C(O)c1ccc2nnn(-c3ccc(Br)cc3Cl)c2c1. The van der Waals surface area contributed by atoms with Crippen molar-refractivity contribution in [2.45, 2.75) is 0 Å². The van der Waals surface area contributed by atoms with Crippen LogP contribution in [0.1, 0.15) is 10.4 Å². The van der Waals surface area contributed by atoms with Crippen LogP contribution in [0.25, 0.3) is 16.7 Å². The summed E-state index contributed by atoms with van der Waals surface area (Å²) in [5.74, 6) is -0.999. The van der Waals surface area contributed by atoms with Crippen molar-refractivity contribution in [1.29, 1.82) is 0 Å². The number of carboxylic acid groups (broad SMARTS) is 1. The van der Waals surface area contributed by atoms with Crippen molar-refractivity contribution in [1.82, 2.24) is 15.0 Å². The largest absolute Gasteiger partial charge is 0.478 e. The highest BCUT2D eigenvalue weighted by Gasteiger charge is 2.12. The molecular weight excluding hydrogens is 346 g/mol. The van der Waals surface area contributed by atoms with Crippen molar-refractivity contribution >= 4 is 44.5 Å². The van der Waals surface area contributed by atoms with E-state index in [1.807, 2.05) is 6.07 Å². The van der Waals surface area contributed by atoms with E-state index < -0.39 is 5.97 Å². The number of fused-ring (bicyclic) bond motifs is 1. The number of carbonyl (C=O) groups is 1. The fourth-order valence-corrected chi connectivity index (χ4v) is 2.64. The second kappa shape index (κ2) is 4.88. The Hall–Kier alpha value is -1.92. The number of benzene rings is 2. The van der Waals surface area contributed by atoms with Crippen LogP contribution >= 0.6 is 27.5 Å². The van der Waals surface area contributed by atoms with Gasteiger partial charge in [-0.05, 0) is 36.4 Å². The summed E-state index contributed by atoms with van der Waals surface area (Å²) < 4.78 is 2.37. The van der Waals surface area contributed by atoms with Gasteiger partial charge < -0.3 is 5.11 Å². The molecule has 0 amide bonds. The van der Waals surface area contributed by atoms with Gasteiger partial charge in [-0.1, -0.05) is 32.7 Å². The third-order valence-electron chi connectivity index (χ3n) is 2.83. The van der Waals surface area contributed by atoms with Crippen LogP contribution in [-0.4, -0.2) is 26.1 Å². The molecule has 0 spiro atoms. The van der Waals surface area contributed by atoms with Gasteiger partial charge in [0, 0.05) is 4.47 Å². The quantitative estimate of drug-likeness (QED) is 0.766. The summed E-state index contributed by atoms with van der Waals surface area (Å²) >= 11 is 9.52. The lowest BCUT2D eigenvalue weighted by Crippen LogP contribution is -2.00. The molecule has 0 atom stereocenters. The van der Waals surface area contributed by atoms with E-state index in [9.17, 15) is 4.79 Å². The molecule has 0 saturated carbocycles. The molecule has 7 heteroatoms. The summed E-state index contributed by atoms with van der Waals surface area (Å²) in [5, 5.41) is 17.6. The topological polar surface area (TPSA) is 68.0 Å². The van der Waals surface area contributed by atoms with Gasteiger partial charge in [-0.15, -0.1) is 5.10 Å². The molecule has 0 aliphatic carbocycles. The summed E-state index contributed by atoms with van der Waals surface area (Å²) in [7, 11) is 0. The molecule has 2 aromatic carbocycles. The lowest BCUT2D eigenvalue weighted by atomic mass is 10.2. The van der Waals surface area contributed by atoms with Crippen LogP contribution in [0, 0.1) is 0 Å². The molecule has 100 valence electrons. The van der Waals surface area contributed by atoms with Gasteiger partial charge in [-0.25, -0.2) is 9.48 Å². The molecular formula is C13H7BrClN3O2. The van der Waals surface area contributed by atoms with E-state index in [4.69, 9.17) is 16.7 Å². The van der Waals surface area contributed by atoms with Gasteiger partial charge in [-0.2, -0.15) is 0 Å². The Morgan fingerprint density at radius 1 is 1.25 bits per heavy atom. The van der Waals surface area contributed by atoms with Crippen LogP contribution in [0.2, 0.25) is 5.02 Å². The van der Waals surface area contributed by atoms with E-state index in [0.717, 1.165) is 4.47 Å². The average molecular weight is 353 g/mol. The van der Waals surface area contributed by atoms with E-state index in [1.54, 1.807) is 18.2 Å². The van der Waals surface area contributed by atoms with Crippen molar-refractivity contribution in [3.05, 3.63) is 51.5 Å². The van der Waals surface area contributed by atoms with Gasteiger partial charge in [0.05, 0.1) is 21.8 Å². The van der Waals surface area contributed by atoms with E-state index in [0.29, 0.717) is 21.7 Å². The average Bonchev–Trinajstić information content (AvgIpc) is 2.81. The molecule has 0 radical (unpaired) electrons. The molecule has 5 nitrogen and oxygen atoms in total. The van der Waals surface area contributed by atoms with Crippen molar-refractivity contribution in [2.24, 2.45) is 0 Å². The normalized spacial score (nSPS) is 10.9. The molecule has 1 N–H and O–H groups in total. The molecule has 3 aromatic rings. The summed E-state index contributed by atoms with van der Waals surface area (Å²) in [5.41, 5.74) is 2.01. The first-order valence-electron chi connectivity index (χ1n) is 5.60. The highest BCUT2D eigenvalue weighted by molar-refractivity contribution is 9.10. The van der Waals surface area contributed by atoms with Gasteiger partial charge in [-0.3, -0.25) is 0 Å². The van der Waals surface area contributed by atoms with E-state index >= 15 is 0 Å². The van der Waals surface area contributed by atoms with Gasteiger partial charge in [0.15, 0.2) is 0 Å². The van der Waals surface area contributed by atoms with Gasteiger partial charge in [0.1, 0.15) is 5.52 Å². The Kier molecular flexibility index (Phi) is 3.19. The highest BCUT2D eigenvalue weighted by Crippen LogP contribution is 2.26. The van der Waals surface area contributed by atoms with Crippen molar-refractivity contribution < 1.29 is 9.90 Å². The van der Waals surface area contributed by atoms with Crippen molar-refractivity contribution in [3.8, 4) is 5.69 Å². The molecule has 0 aliphatic heterocycles. The maximum absolute atomic E-state index is 11.0. The van der Waals surface area contributed by atoms with Gasteiger partial charge in [0.25, 0.3) is 0 Å². The molecule has 3 rings (SSSR count). The Morgan fingerprint density at radius 2 is 2.05 bits per heavy atom. The number of hydrogen-bond donors (Lipinski definition) is 1. The second-order valence-corrected chi connectivity index (χ2v) is 5.43. The van der Waals surface area contributed by atoms with Crippen LogP contribution in [0.4, 0.5) is 0 Å². The first-order chi connectivity index (χ1) is 9.56. The number of carboxylic acids is 1. The Labute approximate surface area is 126 Å². The molecule has 0 fully saturated rings. The van der Waals surface area contributed by atoms with E-state index in [-0.39, 0.29) is 5.56 Å². The molecule has 0 saturated heterocycles. The van der Waals surface area contributed by atoms with Crippen LogP contribution in [-0.2, 0) is 0 Å². The van der Waals surface area contributed by atoms with Crippen LogP contribution < -0.4 is 0 Å². The van der Waals surface area contributed by atoms with Crippen molar-refractivity contribution in [3.63, 3.8) is 0 Å². The molecule has 1 aromatic heterocycles. The zero-order valence-corrected chi connectivity index (χ0v) is 12.3. The number of hydrogen-bond acceptors (Lipinski definition) is 3. The first-order valence-corrected chi connectivity index (χ1v) is 6.77. The number of rotatable bonds is 2. The Bertz CT molecular complexity index is 832. The van der Waals surface area contributed by atoms with Gasteiger partial charge >= 0.3 is 5.97 Å². The third-order valence-corrected chi connectivity index (χ3v) is 3.63. The number of aromatic nitrogens is 3. The fourth-order valence-electron chi connectivity index (χ4n) is 1.88. The number of nitrogens with zero attached hydrogens (tertiary/aromatic N) is 3. The molecule has 0 aliphatic rings. The summed E-state index contributed by atoms with van der Waals surface area (Å²) in [6, 6.07) is 9.99. The second-order valence-electron chi connectivity index (χ2n) is 4.11. The lowest BCUT2D eigenvalue weighted by molar-refractivity contribution is 0.0697. The van der Waals surface area contributed by atoms with Gasteiger partial charge in [0.2, 0.25) is 0 Å². The molecule has 0 bridgehead atoms. The number of halogens is 2. The maximum Gasteiger partial charge on any atom is 0.335 e. The monoisotopic (exact) mass is 351 g/mol. The molecule has 1 heterocycles. The Balaban J connectivity index is 2.25. The Morgan fingerprint density at radius 3 is 2.75 bits per heavy atom. The first kappa shape index (κ1) is 13.1. The summed E-state index contributed by atoms with van der Waals surface area (Å²) in [6.45, 7) is 0. The minimum atomic E-state index is -0.999. The summed E-state index contributed by atoms with van der Waals surface area (Å²) in [6.07, 6.45) is 0. The molecule has 20 heavy (non-hydrogen) atoms. The van der Waals surface area contributed by atoms with Crippen LogP contribution in [0.3, 0.4) is 0 Å². The smallest absolute Gasteiger partial charge is 0.335 e.